The number of hydrogen-bond donors (Lipinski definition) is 1. The lowest BCUT2D eigenvalue weighted by atomic mass is 10.1. The molecule has 0 fully saturated rings. The van der Waals surface area contributed by atoms with Crippen molar-refractivity contribution in [2.75, 3.05) is 19.8 Å². The number of ether oxygens (including phenoxy) is 3. The zero-order valence-corrected chi connectivity index (χ0v) is 16.0. The Morgan fingerprint density at radius 2 is 1.90 bits per heavy atom. The summed E-state index contributed by atoms with van der Waals surface area (Å²) in [6, 6.07) is 15.8. The maximum absolute atomic E-state index is 12.4. The highest BCUT2D eigenvalue weighted by Crippen LogP contribution is 2.30. The summed E-state index contributed by atoms with van der Waals surface area (Å²) < 4.78 is 16.5. The fourth-order valence-electron chi connectivity index (χ4n) is 2.96. The van der Waals surface area contributed by atoms with Crippen LogP contribution >= 0.6 is 11.6 Å². The molecule has 2 aromatic carbocycles. The second kappa shape index (κ2) is 8.36. The molecule has 3 aromatic rings. The molecule has 8 heteroatoms. The average molecular weight is 413 g/mol. The summed E-state index contributed by atoms with van der Waals surface area (Å²) in [4.78, 5) is 28.7. The van der Waals surface area contributed by atoms with Crippen LogP contribution in [-0.2, 0) is 9.53 Å². The topological polar surface area (TPSA) is 86.8 Å². The number of carbonyl (C=O) groups excluding carboxylic acids is 2. The molecule has 0 spiro atoms. The van der Waals surface area contributed by atoms with Gasteiger partial charge in [0.25, 0.3) is 5.91 Å². The molecule has 2 heterocycles. The van der Waals surface area contributed by atoms with Crippen LogP contribution in [0.25, 0.3) is 10.9 Å². The van der Waals surface area contributed by atoms with Crippen LogP contribution in [-0.4, -0.2) is 42.7 Å². The van der Waals surface area contributed by atoms with Crippen LogP contribution in [0.15, 0.2) is 54.6 Å². The third-order valence-electron chi connectivity index (χ3n) is 4.33. The van der Waals surface area contributed by atoms with Gasteiger partial charge in [0.2, 0.25) is 0 Å². The van der Waals surface area contributed by atoms with E-state index in [0.717, 1.165) is 0 Å². The Morgan fingerprint density at radius 3 is 2.76 bits per heavy atom. The number of hydrogen-bond acceptors (Lipinski definition) is 6. The molecule has 7 nitrogen and oxygen atoms in total. The molecule has 148 valence electrons. The lowest BCUT2D eigenvalue weighted by molar-refractivity contribution is -0.124. The van der Waals surface area contributed by atoms with Gasteiger partial charge in [-0.25, -0.2) is 9.78 Å². The first-order valence-electron chi connectivity index (χ1n) is 8.98. The fraction of sp³-hybridized carbons (Fsp3) is 0.190. The molecule has 1 aromatic heterocycles. The van der Waals surface area contributed by atoms with E-state index < -0.39 is 18.5 Å². The first kappa shape index (κ1) is 19.0. The minimum Gasteiger partial charge on any atom is -0.486 e. The van der Waals surface area contributed by atoms with Crippen molar-refractivity contribution in [3.05, 3.63) is 65.3 Å². The van der Waals surface area contributed by atoms with Crippen molar-refractivity contribution < 1.29 is 23.8 Å². The molecule has 4 rings (SSSR count). The van der Waals surface area contributed by atoms with Crippen molar-refractivity contribution in [3.8, 4) is 11.5 Å². The van der Waals surface area contributed by atoms with Gasteiger partial charge in [-0.05, 0) is 24.3 Å². The summed E-state index contributed by atoms with van der Waals surface area (Å²) in [5, 5.41) is 3.46. The lowest BCUT2D eigenvalue weighted by Crippen LogP contribution is -2.42. The monoisotopic (exact) mass is 412 g/mol. The van der Waals surface area contributed by atoms with E-state index in [4.69, 9.17) is 25.8 Å². The number of benzene rings is 2. The predicted molar refractivity (Wildman–Crippen MR) is 106 cm³/mol. The Hall–Kier alpha value is -3.32. The molecule has 1 aliphatic rings. The highest BCUT2D eigenvalue weighted by atomic mass is 35.5. The number of carbonyl (C=O) groups is 2. The molecule has 0 unspecified atom stereocenters. The van der Waals surface area contributed by atoms with Gasteiger partial charge in [0.15, 0.2) is 18.1 Å². The average Bonchev–Trinajstić information content (AvgIpc) is 2.75. The van der Waals surface area contributed by atoms with Crippen molar-refractivity contribution in [2.24, 2.45) is 0 Å². The maximum Gasteiger partial charge on any atom is 0.339 e. The summed E-state index contributed by atoms with van der Waals surface area (Å²) in [7, 11) is 0. The van der Waals surface area contributed by atoms with Crippen molar-refractivity contribution in [1.29, 1.82) is 0 Å². The number of halogens is 1. The molecule has 0 saturated heterocycles. The van der Waals surface area contributed by atoms with Gasteiger partial charge in [0.05, 0.1) is 17.6 Å². The van der Waals surface area contributed by atoms with Crippen LogP contribution < -0.4 is 14.8 Å². The number of nitrogens with zero attached hydrogens (tertiary/aromatic N) is 1. The number of pyridine rings is 1. The molecular formula is C21H17ClN2O5. The summed E-state index contributed by atoms with van der Waals surface area (Å²) >= 11 is 5.98. The van der Waals surface area contributed by atoms with E-state index in [-0.39, 0.29) is 23.4 Å². The van der Waals surface area contributed by atoms with Gasteiger partial charge in [0, 0.05) is 5.39 Å². The second-order valence-corrected chi connectivity index (χ2v) is 6.77. The molecule has 1 amide bonds. The van der Waals surface area contributed by atoms with Crippen LogP contribution in [0.5, 0.6) is 11.5 Å². The van der Waals surface area contributed by atoms with Crippen LogP contribution in [0.4, 0.5) is 0 Å². The van der Waals surface area contributed by atoms with E-state index in [1.165, 1.54) is 6.07 Å². The largest absolute Gasteiger partial charge is 0.486 e. The predicted octanol–water partition coefficient (Wildman–Crippen LogP) is 3.00. The van der Waals surface area contributed by atoms with Crippen LogP contribution in [0.2, 0.25) is 5.15 Å². The summed E-state index contributed by atoms with van der Waals surface area (Å²) in [5.74, 6) is 0.218. The normalized spacial score (nSPS) is 15.0. The highest BCUT2D eigenvalue weighted by Gasteiger charge is 2.21. The summed E-state index contributed by atoms with van der Waals surface area (Å²) in [5.41, 5.74) is 0.833. The van der Waals surface area contributed by atoms with Gasteiger partial charge >= 0.3 is 5.97 Å². The first-order chi connectivity index (χ1) is 14.1. The van der Waals surface area contributed by atoms with Gasteiger partial charge < -0.3 is 19.5 Å². The molecule has 29 heavy (non-hydrogen) atoms. The van der Waals surface area contributed by atoms with Crippen molar-refractivity contribution in [1.82, 2.24) is 10.3 Å². The standard InChI is InChI=1S/C21H17ClN2O5/c22-19-9-15(14-5-1-2-6-16(14)24-19)21(26)28-12-20(25)23-10-13-11-27-17-7-3-4-8-18(17)29-13/h1-9,13H,10-12H2,(H,23,25)/t13-/m0/s1. The van der Waals surface area contributed by atoms with Crippen LogP contribution in [0, 0.1) is 0 Å². The van der Waals surface area contributed by atoms with E-state index in [1.807, 2.05) is 18.2 Å². The molecule has 1 aliphatic heterocycles. The molecule has 0 aliphatic carbocycles. The Balaban J connectivity index is 1.31. The quantitative estimate of drug-likeness (QED) is 0.512. The van der Waals surface area contributed by atoms with E-state index in [2.05, 4.69) is 10.3 Å². The Kier molecular flexibility index (Phi) is 5.48. The summed E-state index contributed by atoms with van der Waals surface area (Å²) in [6.07, 6.45) is -0.326. The van der Waals surface area contributed by atoms with Gasteiger partial charge in [-0.15, -0.1) is 0 Å². The van der Waals surface area contributed by atoms with Gasteiger partial charge in [-0.3, -0.25) is 4.79 Å². The number of esters is 1. The second-order valence-electron chi connectivity index (χ2n) is 6.39. The van der Waals surface area contributed by atoms with Crippen molar-refractivity contribution >= 4 is 34.4 Å². The van der Waals surface area contributed by atoms with E-state index in [9.17, 15) is 9.59 Å². The van der Waals surface area contributed by atoms with Crippen molar-refractivity contribution in [3.63, 3.8) is 0 Å². The fourth-order valence-corrected chi connectivity index (χ4v) is 3.16. The van der Waals surface area contributed by atoms with Crippen LogP contribution in [0.1, 0.15) is 10.4 Å². The van der Waals surface area contributed by atoms with E-state index in [1.54, 1.807) is 30.3 Å². The highest BCUT2D eigenvalue weighted by molar-refractivity contribution is 6.30. The number of fused-ring (bicyclic) bond motifs is 2. The smallest absolute Gasteiger partial charge is 0.339 e. The van der Waals surface area contributed by atoms with Crippen molar-refractivity contribution in [2.45, 2.75) is 6.10 Å². The molecule has 0 radical (unpaired) electrons. The number of amides is 1. The number of nitrogens with one attached hydrogen (secondary N) is 1. The minimum atomic E-state index is -0.646. The minimum absolute atomic E-state index is 0.176. The summed E-state index contributed by atoms with van der Waals surface area (Å²) in [6.45, 7) is 0.130. The number of para-hydroxylation sites is 3. The zero-order chi connectivity index (χ0) is 20.2. The molecule has 1 N–H and O–H groups in total. The lowest BCUT2D eigenvalue weighted by Gasteiger charge is -2.26. The third-order valence-corrected chi connectivity index (χ3v) is 4.53. The molecular weight excluding hydrogens is 396 g/mol. The van der Waals surface area contributed by atoms with Crippen LogP contribution in [0.3, 0.4) is 0 Å². The molecule has 0 saturated carbocycles. The van der Waals surface area contributed by atoms with E-state index in [0.29, 0.717) is 29.0 Å². The SMILES string of the molecule is O=C(COC(=O)c1cc(Cl)nc2ccccc12)NC[C@H]1COc2ccccc2O1. The Bertz CT molecular complexity index is 1070. The first-order valence-corrected chi connectivity index (χ1v) is 9.35. The number of rotatable bonds is 5. The van der Waals surface area contributed by atoms with E-state index >= 15 is 0 Å². The zero-order valence-electron chi connectivity index (χ0n) is 15.3. The molecule has 1 atom stereocenters. The number of aromatic nitrogens is 1. The maximum atomic E-state index is 12.4. The third kappa shape index (κ3) is 4.41. The Morgan fingerprint density at radius 1 is 1.14 bits per heavy atom. The van der Waals surface area contributed by atoms with Gasteiger partial charge in [0.1, 0.15) is 17.9 Å². The van der Waals surface area contributed by atoms with Gasteiger partial charge in [-0.2, -0.15) is 0 Å². The molecule has 0 bridgehead atoms. The van der Waals surface area contributed by atoms with Gasteiger partial charge in [-0.1, -0.05) is 41.9 Å². The Labute approximate surface area is 171 Å².